The number of benzene rings is 3. The van der Waals surface area contributed by atoms with Crippen molar-refractivity contribution in [3.63, 3.8) is 0 Å². The van der Waals surface area contributed by atoms with E-state index in [0.717, 1.165) is 66.8 Å². The van der Waals surface area contributed by atoms with Crippen LogP contribution < -0.4 is 15.1 Å². The number of nitrogens with one attached hydrogen (secondary N) is 1. The molecule has 0 saturated carbocycles. The maximum atomic E-state index is 12.7. The lowest BCUT2D eigenvalue weighted by Crippen LogP contribution is -2.46. The van der Waals surface area contributed by atoms with Gasteiger partial charge in [0.05, 0.1) is 19.0 Å². The number of para-hydroxylation sites is 2. The molecule has 0 bridgehead atoms. The van der Waals surface area contributed by atoms with Gasteiger partial charge in [-0.1, -0.05) is 47.5 Å². The molecule has 1 fully saturated rings. The van der Waals surface area contributed by atoms with E-state index in [1.807, 2.05) is 74.5 Å². The Kier molecular flexibility index (Phi) is 8.98. The number of methoxy groups -OCH3 is 1. The number of nitrogens with zero attached hydrogens (tertiary/aromatic N) is 4. The topological polar surface area (TPSA) is 62.1 Å². The number of carbonyl (C=O) groups excluding carboxylic acids is 1. The first-order valence-electron chi connectivity index (χ1n) is 13.5. The number of rotatable bonds is 8. The Bertz CT molecular complexity index is 1540. The number of hydrazone groups is 1. The van der Waals surface area contributed by atoms with Crippen molar-refractivity contribution >= 4 is 41.0 Å². The number of anilines is 1. The van der Waals surface area contributed by atoms with Crippen LogP contribution in [0.1, 0.15) is 32.9 Å². The van der Waals surface area contributed by atoms with Gasteiger partial charge in [0.25, 0.3) is 5.91 Å². The van der Waals surface area contributed by atoms with Crippen LogP contribution in [0.25, 0.3) is 5.69 Å². The summed E-state index contributed by atoms with van der Waals surface area (Å²) in [5.41, 5.74) is 9.25. The molecule has 4 aromatic rings. The van der Waals surface area contributed by atoms with Crippen LogP contribution in [0.2, 0.25) is 10.0 Å². The van der Waals surface area contributed by atoms with Crippen molar-refractivity contribution in [1.29, 1.82) is 0 Å². The molecule has 1 aromatic heterocycles. The number of ether oxygens (including phenoxy) is 1. The number of piperazine rings is 1. The summed E-state index contributed by atoms with van der Waals surface area (Å²) in [5, 5.41) is 5.35. The molecule has 1 amide bonds. The van der Waals surface area contributed by atoms with Gasteiger partial charge in [0.15, 0.2) is 0 Å². The van der Waals surface area contributed by atoms with Crippen molar-refractivity contribution in [2.24, 2.45) is 5.10 Å². The van der Waals surface area contributed by atoms with Crippen LogP contribution in [0.5, 0.6) is 5.75 Å². The first kappa shape index (κ1) is 28.7. The fourth-order valence-corrected chi connectivity index (χ4v) is 5.78. The van der Waals surface area contributed by atoms with Gasteiger partial charge in [-0.05, 0) is 67.9 Å². The number of aromatic nitrogens is 1. The number of amides is 1. The molecule has 212 valence electrons. The van der Waals surface area contributed by atoms with Crippen molar-refractivity contribution in [2.75, 3.05) is 38.2 Å². The Morgan fingerprint density at radius 1 is 0.951 bits per heavy atom. The molecule has 2 heterocycles. The van der Waals surface area contributed by atoms with Crippen molar-refractivity contribution in [3.8, 4) is 11.4 Å². The summed E-state index contributed by atoms with van der Waals surface area (Å²) in [6, 6.07) is 23.3. The Hall–Kier alpha value is -3.78. The van der Waals surface area contributed by atoms with Gasteiger partial charge in [0.2, 0.25) is 0 Å². The van der Waals surface area contributed by atoms with E-state index in [0.29, 0.717) is 15.6 Å². The summed E-state index contributed by atoms with van der Waals surface area (Å²) in [6.45, 7) is 8.62. The van der Waals surface area contributed by atoms with Crippen LogP contribution in [0, 0.1) is 13.8 Å². The van der Waals surface area contributed by atoms with Gasteiger partial charge in [-0.3, -0.25) is 9.69 Å². The Morgan fingerprint density at radius 3 is 2.32 bits per heavy atom. The lowest BCUT2D eigenvalue weighted by atomic mass is 10.1. The molecular weight excluding hydrogens is 557 g/mol. The molecular formula is C32H33Cl2N5O2. The minimum atomic E-state index is -0.256. The van der Waals surface area contributed by atoms with Gasteiger partial charge in [-0.25, -0.2) is 5.43 Å². The second-order valence-electron chi connectivity index (χ2n) is 10.1. The van der Waals surface area contributed by atoms with E-state index in [1.54, 1.807) is 19.4 Å². The van der Waals surface area contributed by atoms with Crippen molar-refractivity contribution in [1.82, 2.24) is 14.9 Å². The number of halogens is 2. The van der Waals surface area contributed by atoms with Crippen LogP contribution in [0.4, 0.5) is 5.69 Å². The first-order chi connectivity index (χ1) is 19.8. The summed E-state index contributed by atoms with van der Waals surface area (Å²) >= 11 is 12.4. The molecule has 0 radical (unpaired) electrons. The van der Waals surface area contributed by atoms with E-state index in [2.05, 4.69) is 31.0 Å². The third-order valence-electron chi connectivity index (χ3n) is 7.37. The summed E-state index contributed by atoms with van der Waals surface area (Å²) in [4.78, 5) is 17.5. The Labute approximate surface area is 250 Å². The summed E-state index contributed by atoms with van der Waals surface area (Å²) in [7, 11) is 1.71. The summed E-state index contributed by atoms with van der Waals surface area (Å²) < 4.78 is 7.58. The monoisotopic (exact) mass is 589 g/mol. The van der Waals surface area contributed by atoms with Gasteiger partial charge < -0.3 is 14.2 Å². The molecule has 41 heavy (non-hydrogen) atoms. The van der Waals surface area contributed by atoms with Crippen molar-refractivity contribution in [2.45, 2.75) is 20.4 Å². The number of hydrogen-bond donors (Lipinski definition) is 1. The van der Waals surface area contributed by atoms with E-state index >= 15 is 0 Å². The molecule has 0 aliphatic carbocycles. The van der Waals surface area contributed by atoms with Crippen LogP contribution >= 0.6 is 23.2 Å². The third kappa shape index (κ3) is 6.76. The average molecular weight is 591 g/mol. The highest BCUT2D eigenvalue weighted by molar-refractivity contribution is 6.34. The zero-order valence-corrected chi connectivity index (χ0v) is 24.9. The Balaban J connectivity index is 1.15. The largest absolute Gasteiger partial charge is 0.495 e. The van der Waals surface area contributed by atoms with Gasteiger partial charge >= 0.3 is 0 Å². The van der Waals surface area contributed by atoms with Gasteiger partial charge in [-0.2, -0.15) is 5.10 Å². The van der Waals surface area contributed by atoms with Crippen LogP contribution in [-0.2, 0) is 6.54 Å². The molecule has 3 aromatic carbocycles. The van der Waals surface area contributed by atoms with Crippen LogP contribution in [0.15, 0.2) is 77.9 Å². The second kappa shape index (κ2) is 12.8. The second-order valence-corrected chi connectivity index (χ2v) is 11.0. The molecule has 0 atom stereocenters. The van der Waals surface area contributed by atoms with Crippen molar-refractivity contribution < 1.29 is 9.53 Å². The lowest BCUT2D eigenvalue weighted by molar-refractivity contribution is 0.0955. The molecule has 1 aliphatic rings. The van der Waals surface area contributed by atoms with E-state index in [4.69, 9.17) is 27.9 Å². The number of hydrogen-bond acceptors (Lipinski definition) is 5. The maximum Gasteiger partial charge on any atom is 0.271 e. The Morgan fingerprint density at radius 2 is 1.63 bits per heavy atom. The number of carbonyl (C=O) groups is 1. The highest BCUT2D eigenvalue weighted by atomic mass is 35.5. The first-order valence-corrected chi connectivity index (χ1v) is 14.3. The minimum absolute atomic E-state index is 0.256. The maximum absolute atomic E-state index is 12.7. The summed E-state index contributed by atoms with van der Waals surface area (Å²) in [5.74, 6) is 0.652. The molecule has 1 N–H and O–H groups in total. The summed E-state index contributed by atoms with van der Waals surface area (Å²) in [6.07, 6.45) is 1.65. The van der Waals surface area contributed by atoms with E-state index in [1.165, 1.54) is 5.56 Å². The average Bonchev–Trinajstić information content (AvgIpc) is 3.25. The lowest BCUT2D eigenvalue weighted by Gasteiger charge is -2.36. The predicted molar refractivity (Wildman–Crippen MR) is 167 cm³/mol. The molecule has 1 saturated heterocycles. The molecule has 0 spiro atoms. The van der Waals surface area contributed by atoms with Crippen LogP contribution in [-0.4, -0.2) is 54.9 Å². The smallest absolute Gasteiger partial charge is 0.271 e. The highest BCUT2D eigenvalue weighted by Gasteiger charge is 2.20. The fourth-order valence-electron chi connectivity index (χ4n) is 5.27. The zero-order chi connectivity index (χ0) is 28.9. The molecule has 5 rings (SSSR count). The normalized spacial score (nSPS) is 14.0. The van der Waals surface area contributed by atoms with Gasteiger partial charge in [0.1, 0.15) is 5.75 Å². The van der Waals surface area contributed by atoms with Crippen molar-refractivity contribution in [3.05, 3.63) is 111 Å². The van der Waals surface area contributed by atoms with Gasteiger partial charge in [-0.15, -0.1) is 0 Å². The number of aryl methyl sites for hydroxylation is 1. The predicted octanol–water partition coefficient (Wildman–Crippen LogP) is 6.50. The quantitative estimate of drug-likeness (QED) is 0.188. The van der Waals surface area contributed by atoms with E-state index in [9.17, 15) is 4.79 Å². The zero-order valence-electron chi connectivity index (χ0n) is 23.4. The molecule has 0 unspecified atom stereocenters. The van der Waals surface area contributed by atoms with E-state index in [-0.39, 0.29) is 5.91 Å². The third-order valence-corrected chi connectivity index (χ3v) is 7.80. The molecule has 9 heteroatoms. The molecule has 1 aliphatic heterocycles. The molecule has 7 nitrogen and oxygen atoms in total. The fraction of sp³-hybridized carbons (Fsp3) is 0.250. The van der Waals surface area contributed by atoms with Crippen LogP contribution in [0.3, 0.4) is 0 Å². The highest BCUT2D eigenvalue weighted by Crippen LogP contribution is 2.29. The standard InChI is InChI=1S/C32H33Cl2N5O2/c1-22-16-26(23(2)39(22)29-18-27(33)17-28(34)19-29)20-35-36-32(40)25-10-8-24(9-11-25)21-37-12-14-38(15-13-37)30-6-4-5-7-31(30)41-3/h4-11,16-20H,12-15,21H2,1-3H3,(H,36,40)/b35-20+. The SMILES string of the molecule is COc1ccccc1N1CCN(Cc2ccc(C(=O)N/N=C/c3cc(C)n(-c4cc(Cl)cc(Cl)c4)c3C)cc2)CC1. The van der Waals surface area contributed by atoms with E-state index < -0.39 is 0 Å². The minimum Gasteiger partial charge on any atom is -0.495 e. The van der Waals surface area contributed by atoms with Gasteiger partial charge in [0, 0.05) is 71.0 Å².